The molecule has 0 aliphatic carbocycles. The summed E-state index contributed by atoms with van der Waals surface area (Å²) < 4.78 is 5.98. The van der Waals surface area contributed by atoms with Crippen molar-refractivity contribution < 1.29 is 4.74 Å². The molecule has 1 aromatic carbocycles. The van der Waals surface area contributed by atoms with Crippen LogP contribution < -0.4 is 5.32 Å². The Morgan fingerprint density at radius 3 is 2.37 bits per heavy atom. The summed E-state index contributed by atoms with van der Waals surface area (Å²) >= 11 is 0. The number of hydrogen-bond donors (Lipinski definition) is 1. The van der Waals surface area contributed by atoms with Crippen LogP contribution in [0.2, 0.25) is 0 Å². The lowest BCUT2D eigenvalue weighted by molar-refractivity contribution is 0.0366. The van der Waals surface area contributed by atoms with Gasteiger partial charge in [-0.25, -0.2) is 0 Å². The van der Waals surface area contributed by atoms with Gasteiger partial charge in [-0.1, -0.05) is 56.5 Å². The summed E-state index contributed by atoms with van der Waals surface area (Å²) in [4.78, 5) is 0. The fourth-order valence-corrected chi connectivity index (χ4v) is 2.27. The number of aryl methyl sites for hydroxylation is 1. The van der Waals surface area contributed by atoms with Crippen LogP contribution in [0.5, 0.6) is 0 Å². The van der Waals surface area contributed by atoms with E-state index in [0.717, 1.165) is 19.6 Å². The summed E-state index contributed by atoms with van der Waals surface area (Å²) in [6, 6.07) is 9.03. The van der Waals surface area contributed by atoms with Crippen LogP contribution in [0.4, 0.5) is 0 Å². The van der Waals surface area contributed by atoms with Crippen molar-refractivity contribution in [3.63, 3.8) is 0 Å². The first-order valence-corrected chi connectivity index (χ1v) is 7.60. The van der Waals surface area contributed by atoms with E-state index in [-0.39, 0.29) is 12.1 Å². The monoisotopic (exact) mass is 263 g/mol. The number of ether oxygens (including phenoxy) is 1. The Labute approximate surface area is 118 Å². The van der Waals surface area contributed by atoms with Gasteiger partial charge in [-0.05, 0) is 32.4 Å². The van der Waals surface area contributed by atoms with Crippen molar-refractivity contribution in [1.82, 2.24) is 5.32 Å². The Hall–Kier alpha value is -0.860. The van der Waals surface area contributed by atoms with E-state index in [0.29, 0.717) is 0 Å². The maximum atomic E-state index is 5.98. The molecule has 0 spiro atoms. The highest BCUT2D eigenvalue weighted by atomic mass is 16.5. The van der Waals surface area contributed by atoms with Crippen molar-refractivity contribution in [3.8, 4) is 0 Å². The highest BCUT2D eigenvalue weighted by Gasteiger charge is 2.18. The van der Waals surface area contributed by atoms with Crippen molar-refractivity contribution in [2.24, 2.45) is 0 Å². The highest BCUT2D eigenvalue weighted by molar-refractivity contribution is 5.24. The maximum Gasteiger partial charge on any atom is 0.0741 e. The lowest BCUT2D eigenvalue weighted by Gasteiger charge is -2.25. The number of rotatable bonds is 9. The summed E-state index contributed by atoms with van der Waals surface area (Å²) in [5, 5.41) is 3.53. The summed E-state index contributed by atoms with van der Waals surface area (Å²) in [6.07, 6.45) is 3.86. The smallest absolute Gasteiger partial charge is 0.0741 e. The van der Waals surface area contributed by atoms with Gasteiger partial charge < -0.3 is 10.1 Å². The van der Waals surface area contributed by atoms with Crippen LogP contribution >= 0.6 is 0 Å². The Bertz CT molecular complexity index is 334. The molecule has 0 heterocycles. The average molecular weight is 263 g/mol. The standard InChI is InChI=1S/C17H29NO/c1-5-7-8-13-19-15(4)17(18-6-2)16-11-9-14(3)10-12-16/h9-12,15,17-18H,5-8,13H2,1-4H3. The highest BCUT2D eigenvalue weighted by Crippen LogP contribution is 2.20. The first-order valence-electron chi connectivity index (χ1n) is 7.60. The van der Waals surface area contributed by atoms with Gasteiger partial charge in [-0.15, -0.1) is 0 Å². The zero-order valence-electron chi connectivity index (χ0n) is 12.9. The Morgan fingerprint density at radius 2 is 1.79 bits per heavy atom. The van der Waals surface area contributed by atoms with Crippen molar-refractivity contribution in [1.29, 1.82) is 0 Å². The predicted octanol–water partition coefficient (Wildman–Crippen LogP) is 4.24. The minimum Gasteiger partial charge on any atom is -0.377 e. The molecule has 2 unspecified atom stereocenters. The number of hydrogen-bond acceptors (Lipinski definition) is 2. The van der Waals surface area contributed by atoms with Gasteiger partial charge in [0.05, 0.1) is 12.1 Å². The first kappa shape index (κ1) is 16.2. The lowest BCUT2D eigenvalue weighted by Crippen LogP contribution is -2.32. The van der Waals surface area contributed by atoms with Gasteiger partial charge in [0.25, 0.3) is 0 Å². The van der Waals surface area contributed by atoms with Crippen LogP contribution in [-0.2, 0) is 4.74 Å². The second-order valence-corrected chi connectivity index (χ2v) is 5.23. The van der Waals surface area contributed by atoms with Crippen molar-refractivity contribution in [2.45, 2.75) is 59.1 Å². The third-order valence-electron chi connectivity index (χ3n) is 3.46. The molecule has 2 heteroatoms. The molecule has 0 amide bonds. The van der Waals surface area contributed by atoms with Gasteiger partial charge in [0.2, 0.25) is 0 Å². The molecule has 2 atom stereocenters. The van der Waals surface area contributed by atoms with Gasteiger partial charge in [0.15, 0.2) is 0 Å². The summed E-state index contributed by atoms with van der Waals surface area (Å²) in [7, 11) is 0. The lowest BCUT2D eigenvalue weighted by atomic mass is 10.0. The number of likely N-dealkylation sites (N-methyl/N-ethyl adjacent to an activating group) is 1. The third-order valence-corrected chi connectivity index (χ3v) is 3.46. The van der Waals surface area contributed by atoms with Gasteiger partial charge in [0, 0.05) is 6.61 Å². The molecule has 0 aromatic heterocycles. The van der Waals surface area contributed by atoms with Gasteiger partial charge in [-0.2, -0.15) is 0 Å². The Kier molecular flexibility index (Phi) is 7.76. The molecule has 0 bridgehead atoms. The normalized spacial score (nSPS) is 14.3. The third kappa shape index (κ3) is 5.75. The van der Waals surface area contributed by atoms with E-state index in [9.17, 15) is 0 Å². The molecule has 1 aromatic rings. The molecule has 0 aliphatic rings. The molecule has 0 saturated heterocycles. The van der Waals surface area contributed by atoms with Crippen LogP contribution in [0.25, 0.3) is 0 Å². The van der Waals surface area contributed by atoms with E-state index in [1.165, 1.54) is 24.0 Å². The summed E-state index contributed by atoms with van der Waals surface area (Å²) in [5.74, 6) is 0. The zero-order valence-corrected chi connectivity index (χ0v) is 12.9. The minimum atomic E-state index is 0.208. The molecule has 1 rings (SSSR count). The van der Waals surface area contributed by atoms with E-state index >= 15 is 0 Å². The van der Waals surface area contributed by atoms with Crippen LogP contribution in [0.1, 0.15) is 57.2 Å². The number of benzene rings is 1. The summed E-state index contributed by atoms with van der Waals surface area (Å²) in [5.41, 5.74) is 2.62. The van der Waals surface area contributed by atoms with Gasteiger partial charge >= 0.3 is 0 Å². The predicted molar refractivity (Wildman–Crippen MR) is 82.5 cm³/mol. The largest absolute Gasteiger partial charge is 0.377 e. The Morgan fingerprint density at radius 1 is 1.11 bits per heavy atom. The SMILES string of the molecule is CCCCCOC(C)C(NCC)c1ccc(C)cc1. The van der Waals surface area contributed by atoms with E-state index in [2.05, 4.69) is 57.3 Å². The fourth-order valence-electron chi connectivity index (χ4n) is 2.27. The molecule has 19 heavy (non-hydrogen) atoms. The molecular weight excluding hydrogens is 234 g/mol. The van der Waals surface area contributed by atoms with Crippen LogP contribution in [0.3, 0.4) is 0 Å². The van der Waals surface area contributed by atoms with Crippen molar-refractivity contribution >= 4 is 0 Å². The molecule has 0 aliphatic heterocycles. The zero-order chi connectivity index (χ0) is 14.1. The van der Waals surface area contributed by atoms with Crippen molar-refractivity contribution in [3.05, 3.63) is 35.4 Å². The molecule has 108 valence electrons. The van der Waals surface area contributed by atoms with Gasteiger partial charge in [-0.3, -0.25) is 0 Å². The molecule has 1 N–H and O–H groups in total. The maximum absolute atomic E-state index is 5.98. The second kappa shape index (κ2) is 9.11. The number of unbranched alkanes of at least 4 members (excludes halogenated alkanes) is 2. The van der Waals surface area contributed by atoms with E-state index in [1.807, 2.05) is 0 Å². The quantitative estimate of drug-likeness (QED) is 0.673. The van der Waals surface area contributed by atoms with E-state index in [1.54, 1.807) is 0 Å². The minimum absolute atomic E-state index is 0.208. The van der Waals surface area contributed by atoms with Crippen LogP contribution in [-0.4, -0.2) is 19.3 Å². The first-order chi connectivity index (χ1) is 9.19. The molecule has 0 radical (unpaired) electrons. The molecular formula is C17H29NO. The topological polar surface area (TPSA) is 21.3 Å². The van der Waals surface area contributed by atoms with Crippen LogP contribution in [0.15, 0.2) is 24.3 Å². The van der Waals surface area contributed by atoms with E-state index < -0.39 is 0 Å². The van der Waals surface area contributed by atoms with E-state index in [4.69, 9.17) is 4.74 Å². The molecule has 0 fully saturated rings. The average Bonchev–Trinajstić information content (AvgIpc) is 2.42. The summed E-state index contributed by atoms with van der Waals surface area (Å²) in [6.45, 7) is 10.5. The second-order valence-electron chi connectivity index (χ2n) is 5.23. The molecule has 0 saturated carbocycles. The Balaban J connectivity index is 2.57. The van der Waals surface area contributed by atoms with Crippen LogP contribution in [0, 0.1) is 6.92 Å². The van der Waals surface area contributed by atoms with Crippen molar-refractivity contribution in [2.75, 3.05) is 13.2 Å². The van der Waals surface area contributed by atoms with Gasteiger partial charge in [0.1, 0.15) is 0 Å². The fraction of sp³-hybridized carbons (Fsp3) is 0.647. The number of nitrogens with one attached hydrogen (secondary N) is 1. The molecule has 2 nitrogen and oxygen atoms in total.